The van der Waals surface area contributed by atoms with Crippen molar-refractivity contribution < 1.29 is 14.1 Å². The Morgan fingerprint density at radius 1 is 1.06 bits per heavy atom. The predicted molar refractivity (Wildman–Crippen MR) is 125 cm³/mol. The minimum atomic E-state index is -0.411. The van der Waals surface area contributed by atoms with Crippen molar-refractivity contribution in [1.29, 1.82) is 0 Å². The first-order valence-corrected chi connectivity index (χ1v) is 11.3. The maximum atomic E-state index is 13.3. The lowest BCUT2D eigenvalue weighted by molar-refractivity contribution is -0.384. The number of hydrogen-bond donors (Lipinski definition) is 1. The van der Waals surface area contributed by atoms with E-state index in [2.05, 4.69) is 19.2 Å². The van der Waals surface area contributed by atoms with Crippen molar-refractivity contribution in [2.75, 3.05) is 5.32 Å². The molecule has 2 aliphatic rings. The highest BCUT2D eigenvalue weighted by Crippen LogP contribution is 2.52. The fraction of sp³-hybridized carbons (Fsp3) is 0.240. The van der Waals surface area contributed by atoms with E-state index in [1.54, 1.807) is 36.0 Å². The van der Waals surface area contributed by atoms with Gasteiger partial charge in [0.25, 0.3) is 5.69 Å². The molecule has 5 rings (SSSR count). The number of Topliss-reactive ketones (excluding diaryl/α,β-unsaturated/α-hetero) is 1. The lowest BCUT2D eigenvalue weighted by Gasteiger charge is -2.33. The van der Waals surface area contributed by atoms with Gasteiger partial charge in [-0.1, -0.05) is 38.1 Å². The molecule has 1 aliphatic heterocycles. The third-order valence-corrected chi connectivity index (χ3v) is 7.16. The number of nitro groups is 1. The van der Waals surface area contributed by atoms with Crippen molar-refractivity contribution >= 4 is 28.9 Å². The Kier molecular flexibility index (Phi) is 4.93. The summed E-state index contributed by atoms with van der Waals surface area (Å²) in [5, 5.41) is 14.7. The van der Waals surface area contributed by atoms with Gasteiger partial charge in [-0.05, 0) is 42.2 Å². The standard InChI is InChI=1S/C25H22N2O4S/c1-25(2)13-17-23(19(28)14-25)24(32-22-10-6-4-8-16(22)26-17)21-12-11-20(31-21)15-7-3-5-9-18(15)27(29)30/h3-12,24,26H,13-14H2,1-2H3/t24-/m0/s1. The van der Waals surface area contributed by atoms with Crippen molar-refractivity contribution in [1.82, 2.24) is 0 Å². The molecule has 1 N–H and O–H groups in total. The van der Waals surface area contributed by atoms with E-state index in [4.69, 9.17) is 4.42 Å². The van der Waals surface area contributed by atoms with Gasteiger partial charge in [0, 0.05) is 28.7 Å². The summed E-state index contributed by atoms with van der Waals surface area (Å²) < 4.78 is 6.18. The van der Waals surface area contributed by atoms with Crippen LogP contribution >= 0.6 is 11.8 Å². The average Bonchev–Trinajstić information content (AvgIpc) is 3.16. The van der Waals surface area contributed by atoms with Gasteiger partial charge < -0.3 is 9.73 Å². The zero-order valence-corrected chi connectivity index (χ0v) is 18.6. The summed E-state index contributed by atoms with van der Waals surface area (Å²) in [4.78, 5) is 25.4. The second-order valence-corrected chi connectivity index (χ2v) is 10.1. The van der Waals surface area contributed by atoms with Gasteiger partial charge >= 0.3 is 0 Å². The molecule has 0 bridgehead atoms. The van der Waals surface area contributed by atoms with Crippen LogP contribution in [0.3, 0.4) is 0 Å². The van der Waals surface area contributed by atoms with E-state index in [0.717, 1.165) is 28.3 Å². The van der Waals surface area contributed by atoms with Gasteiger partial charge in [-0.25, -0.2) is 0 Å². The monoisotopic (exact) mass is 446 g/mol. The van der Waals surface area contributed by atoms with Gasteiger partial charge in [-0.3, -0.25) is 14.9 Å². The Labute approximate surface area is 189 Å². The number of fused-ring (bicyclic) bond motifs is 1. The molecular weight excluding hydrogens is 424 g/mol. The summed E-state index contributed by atoms with van der Waals surface area (Å²) in [5.41, 5.74) is 2.92. The molecule has 162 valence electrons. The molecule has 1 aliphatic carbocycles. The molecule has 0 amide bonds. The number of allylic oxidation sites excluding steroid dienone is 1. The van der Waals surface area contributed by atoms with E-state index in [1.165, 1.54) is 6.07 Å². The van der Waals surface area contributed by atoms with Crippen LogP contribution in [-0.2, 0) is 4.79 Å². The molecule has 2 aromatic carbocycles. The van der Waals surface area contributed by atoms with Crippen LogP contribution < -0.4 is 5.32 Å². The summed E-state index contributed by atoms with van der Waals surface area (Å²) in [5.74, 6) is 1.14. The van der Waals surface area contributed by atoms with Crippen LogP contribution in [0.1, 0.15) is 37.7 Å². The first-order chi connectivity index (χ1) is 15.3. The summed E-state index contributed by atoms with van der Waals surface area (Å²) in [6.07, 6.45) is 1.23. The lowest BCUT2D eigenvalue weighted by Crippen LogP contribution is -2.29. The second-order valence-electron chi connectivity index (χ2n) is 8.93. The Morgan fingerprint density at radius 3 is 2.62 bits per heavy atom. The number of hydrogen-bond acceptors (Lipinski definition) is 6. The molecule has 32 heavy (non-hydrogen) atoms. The summed E-state index contributed by atoms with van der Waals surface area (Å²) >= 11 is 1.57. The molecule has 0 spiro atoms. The van der Waals surface area contributed by atoms with Crippen molar-refractivity contribution in [3.05, 3.63) is 87.8 Å². The number of benzene rings is 2. The fourth-order valence-corrected chi connectivity index (χ4v) is 5.74. The molecule has 0 saturated heterocycles. The van der Waals surface area contributed by atoms with E-state index in [-0.39, 0.29) is 22.1 Å². The Morgan fingerprint density at radius 2 is 1.81 bits per heavy atom. The third kappa shape index (κ3) is 3.62. The number of anilines is 1. The van der Waals surface area contributed by atoms with E-state index in [1.807, 2.05) is 30.3 Å². The molecule has 1 atom stereocenters. The number of nitrogens with zero attached hydrogens (tertiary/aromatic N) is 1. The predicted octanol–water partition coefficient (Wildman–Crippen LogP) is 6.76. The van der Waals surface area contributed by atoms with Crippen LogP contribution in [0, 0.1) is 15.5 Å². The van der Waals surface area contributed by atoms with Gasteiger partial charge in [-0.2, -0.15) is 0 Å². The zero-order chi connectivity index (χ0) is 22.5. The van der Waals surface area contributed by atoms with Crippen molar-refractivity contribution in [2.45, 2.75) is 36.8 Å². The first kappa shape index (κ1) is 20.6. The number of thioether (sulfide) groups is 1. The highest BCUT2D eigenvalue weighted by atomic mass is 32.2. The zero-order valence-electron chi connectivity index (χ0n) is 17.8. The minimum Gasteiger partial charge on any atom is -0.459 e. The van der Waals surface area contributed by atoms with Crippen molar-refractivity contribution in [3.63, 3.8) is 0 Å². The minimum absolute atomic E-state index is 0.00988. The maximum Gasteiger partial charge on any atom is 0.280 e. The van der Waals surface area contributed by atoms with Gasteiger partial charge in [0.1, 0.15) is 11.5 Å². The number of carbonyl (C=O) groups excluding carboxylic acids is 1. The van der Waals surface area contributed by atoms with E-state index in [0.29, 0.717) is 23.5 Å². The van der Waals surface area contributed by atoms with Crippen molar-refractivity contribution in [3.8, 4) is 11.3 Å². The molecule has 0 radical (unpaired) electrons. The summed E-state index contributed by atoms with van der Waals surface area (Å²) in [7, 11) is 0. The van der Waals surface area contributed by atoms with Gasteiger partial charge in [0.15, 0.2) is 5.78 Å². The highest BCUT2D eigenvalue weighted by molar-refractivity contribution is 8.00. The van der Waals surface area contributed by atoms with Gasteiger partial charge in [0.2, 0.25) is 0 Å². The SMILES string of the molecule is CC1(C)CC(=O)C2=C(C1)Nc1ccccc1S[C@H]2c1ccc(-c2ccccc2[N+](=O)[O-])o1. The topological polar surface area (TPSA) is 85.4 Å². The average molecular weight is 447 g/mol. The van der Waals surface area contributed by atoms with E-state index < -0.39 is 4.92 Å². The van der Waals surface area contributed by atoms with E-state index in [9.17, 15) is 14.9 Å². The van der Waals surface area contributed by atoms with Crippen LogP contribution in [0.15, 0.2) is 81.2 Å². The quantitative estimate of drug-likeness (QED) is 0.353. The normalized spacial score (nSPS) is 19.6. The number of furan rings is 1. The van der Waals surface area contributed by atoms with Crippen molar-refractivity contribution in [2.24, 2.45) is 5.41 Å². The van der Waals surface area contributed by atoms with Gasteiger partial charge in [0.05, 0.1) is 21.4 Å². The summed E-state index contributed by atoms with van der Waals surface area (Å²) in [6, 6.07) is 18.1. The molecule has 0 unspecified atom stereocenters. The lowest BCUT2D eigenvalue weighted by atomic mass is 9.75. The van der Waals surface area contributed by atoms with Crippen LogP contribution in [0.2, 0.25) is 0 Å². The number of carbonyl (C=O) groups is 1. The number of nitrogens with one attached hydrogen (secondary N) is 1. The Balaban J connectivity index is 1.62. The molecule has 0 fully saturated rings. The molecular formula is C25H22N2O4S. The Bertz CT molecular complexity index is 1270. The number of rotatable bonds is 3. The molecule has 3 aromatic rings. The van der Waals surface area contributed by atoms with E-state index >= 15 is 0 Å². The fourth-order valence-electron chi connectivity index (χ4n) is 4.45. The number of nitro benzene ring substituents is 1. The maximum absolute atomic E-state index is 13.3. The second kappa shape index (κ2) is 7.67. The largest absolute Gasteiger partial charge is 0.459 e. The van der Waals surface area contributed by atoms with Crippen LogP contribution in [0.5, 0.6) is 0 Å². The smallest absolute Gasteiger partial charge is 0.280 e. The number of ketones is 1. The van der Waals surface area contributed by atoms with Crippen LogP contribution in [0.25, 0.3) is 11.3 Å². The first-order valence-electron chi connectivity index (χ1n) is 10.4. The van der Waals surface area contributed by atoms with Crippen LogP contribution in [-0.4, -0.2) is 10.7 Å². The highest BCUT2D eigenvalue weighted by Gasteiger charge is 2.40. The van der Waals surface area contributed by atoms with Crippen LogP contribution in [0.4, 0.5) is 11.4 Å². The molecule has 1 aromatic heterocycles. The number of para-hydroxylation sites is 2. The Hall–Kier alpha value is -3.32. The van der Waals surface area contributed by atoms with Gasteiger partial charge in [-0.15, -0.1) is 11.8 Å². The molecule has 0 saturated carbocycles. The third-order valence-electron chi connectivity index (χ3n) is 5.85. The molecule has 7 heteroatoms. The molecule has 6 nitrogen and oxygen atoms in total. The summed E-state index contributed by atoms with van der Waals surface area (Å²) in [6.45, 7) is 4.21. The molecule has 2 heterocycles.